The second-order valence-corrected chi connectivity index (χ2v) is 3.69. The summed E-state index contributed by atoms with van der Waals surface area (Å²) in [6.07, 6.45) is 0.913. The molecule has 4 heteroatoms. The van der Waals surface area contributed by atoms with Gasteiger partial charge in [0.05, 0.1) is 0 Å². The molecule has 0 aromatic rings. The fourth-order valence-electron chi connectivity index (χ4n) is 0.723. The van der Waals surface area contributed by atoms with E-state index in [4.69, 9.17) is 5.11 Å². The van der Waals surface area contributed by atoms with Crippen LogP contribution in [0.3, 0.4) is 0 Å². The van der Waals surface area contributed by atoms with Crippen molar-refractivity contribution in [3.63, 3.8) is 0 Å². The van der Waals surface area contributed by atoms with Crippen LogP contribution in [0.2, 0.25) is 0 Å². The third kappa shape index (κ3) is 5.44. The Hall–Kier alpha value is 0.170. The molecule has 66 valence electrons. The minimum absolute atomic E-state index is 0.206. The zero-order valence-electron chi connectivity index (χ0n) is 6.53. The van der Waals surface area contributed by atoms with Crippen LogP contribution in [0.15, 0.2) is 0 Å². The molecule has 0 heterocycles. The molecule has 0 saturated carbocycles. The van der Waals surface area contributed by atoms with Gasteiger partial charge in [0.15, 0.2) is 0 Å². The number of carboxylic acid groups (broad SMARTS) is 1. The summed E-state index contributed by atoms with van der Waals surface area (Å²) in [6.45, 7) is 2.00. The summed E-state index contributed by atoms with van der Waals surface area (Å²) in [5.41, 5.74) is 0. The maximum Gasteiger partial charge on any atom is 0.303 e. The van der Waals surface area contributed by atoms with Gasteiger partial charge in [-0.15, -0.1) is 0 Å². The molecule has 11 heavy (non-hydrogen) atoms. The van der Waals surface area contributed by atoms with Crippen molar-refractivity contribution in [2.24, 2.45) is 5.92 Å². The summed E-state index contributed by atoms with van der Waals surface area (Å²) < 4.78 is 0. The van der Waals surface area contributed by atoms with Crippen LogP contribution in [0, 0.1) is 5.92 Å². The van der Waals surface area contributed by atoms with Crippen molar-refractivity contribution in [3.8, 4) is 0 Å². The smallest absolute Gasteiger partial charge is 0.303 e. The third-order valence-electron chi connectivity index (χ3n) is 1.66. The molecule has 0 fully saturated rings. The van der Waals surface area contributed by atoms with Gasteiger partial charge in [-0.2, -0.15) is 25.3 Å². The van der Waals surface area contributed by atoms with Crippen LogP contribution >= 0.6 is 25.3 Å². The monoisotopic (exact) mass is 194 g/mol. The van der Waals surface area contributed by atoms with Gasteiger partial charge < -0.3 is 5.11 Å². The van der Waals surface area contributed by atoms with Crippen molar-refractivity contribution >= 4 is 31.2 Å². The van der Waals surface area contributed by atoms with Crippen molar-refractivity contribution < 1.29 is 9.90 Å². The second kappa shape index (κ2) is 5.77. The van der Waals surface area contributed by atoms with Crippen molar-refractivity contribution in [1.29, 1.82) is 0 Å². The molecule has 1 N–H and O–H groups in total. The molecule has 0 aromatic carbocycles. The van der Waals surface area contributed by atoms with E-state index < -0.39 is 5.97 Å². The lowest BCUT2D eigenvalue weighted by molar-refractivity contribution is -0.137. The van der Waals surface area contributed by atoms with E-state index in [1.807, 2.05) is 6.92 Å². The van der Waals surface area contributed by atoms with Crippen LogP contribution in [-0.2, 0) is 4.79 Å². The van der Waals surface area contributed by atoms with Crippen LogP contribution in [0.25, 0.3) is 0 Å². The van der Waals surface area contributed by atoms with Gasteiger partial charge in [0.1, 0.15) is 0 Å². The lowest BCUT2D eigenvalue weighted by atomic mass is 10.0. The average molecular weight is 194 g/mol. The Morgan fingerprint density at radius 2 is 2.18 bits per heavy atom. The van der Waals surface area contributed by atoms with Crippen molar-refractivity contribution in [2.45, 2.75) is 25.0 Å². The SMILES string of the molecule is CC(CCC(=O)O)C(S)CS. The van der Waals surface area contributed by atoms with Crippen LogP contribution in [-0.4, -0.2) is 22.1 Å². The number of thiol groups is 2. The van der Waals surface area contributed by atoms with Gasteiger partial charge in [0.2, 0.25) is 0 Å². The molecule has 0 amide bonds. The molecule has 0 aromatic heterocycles. The molecular formula is C7H14O2S2. The molecule has 2 unspecified atom stereocenters. The van der Waals surface area contributed by atoms with E-state index in [9.17, 15) is 4.79 Å². The summed E-state index contributed by atoms with van der Waals surface area (Å²) >= 11 is 8.33. The maximum atomic E-state index is 10.2. The first kappa shape index (κ1) is 11.2. The Balaban J connectivity index is 3.51. The lowest BCUT2D eigenvalue weighted by Crippen LogP contribution is -2.14. The Morgan fingerprint density at radius 1 is 1.64 bits per heavy atom. The molecule has 2 nitrogen and oxygen atoms in total. The molecule has 0 bridgehead atoms. The summed E-state index contributed by atoms with van der Waals surface area (Å²) in [5, 5.41) is 8.58. The maximum absolute atomic E-state index is 10.2. The molecule has 0 radical (unpaired) electrons. The number of carbonyl (C=O) groups is 1. The second-order valence-electron chi connectivity index (χ2n) is 2.66. The van der Waals surface area contributed by atoms with Crippen LogP contribution in [0.1, 0.15) is 19.8 Å². The van der Waals surface area contributed by atoms with E-state index in [2.05, 4.69) is 25.3 Å². The van der Waals surface area contributed by atoms with Crippen molar-refractivity contribution in [2.75, 3.05) is 5.75 Å². The van der Waals surface area contributed by atoms with Gasteiger partial charge in [-0.05, 0) is 12.3 Å². The van der Waals surface area contributed by atoms with Gasteiger partial charge >= 0.3 is 5.97 Å². The molecule has 2 atom stereocenters. The summed E-state index contributed by atoms with van der Waals surface area (Å²) in [7, 11) is 0. The van der Waals surface area contributed by atoms with Gasteiger partial charge in [0, 0.05) is 17.4 Å². The summed E-state index contributed by atoms with van der Waals surface area (Å²) in [4.78, 5) is 10.2. The molecule has 0 spiro atoms. The van der Waals surface area contributed by atoms with Crippen LogP contribution < -0.4 is 0 Å². The van der Waals surface area contributed by atoms with Crippen molar-refractivity contribution in [1.82, 2.24) is 0 Å². The Kier molecular flexibility index (Phi) is 5.86. The van der Waals surface area contributed by atoms with E-state index in [1.165, 1.54) is 0 Å². The first-order valence-electron chi connectivity index (χ1n) is 3.58. The van der Waals surface area contributed by atoms with Crippen LogP contribution in [0.4, 0.5) is 0 Å². The number of rotatable bonds is 5. The van der Waals surface area contributed by atoms with E-state index in [0.717, 1.165) is 0 Å². The zero-order valence-corrected chi connectivity index (χ0v) is 8.31. The van der Waals surface area contributed by atoms with E-state index in [1.54, 1.807) is 0 Å². The Labute approximate surface area is 78.2 Å². The Morgan fingerprint density at radius 3 is 2.55 bits per heavy atom. The fourth-order valence-corrected chi connectivity index (χ4v) is 1.23. The number of carboxylic acids is 1. The quantitative estimate of drug-likeness (QED) is 0.583. The Bertz CT molecular complexity index is 128. The largest absolute Gasteiger partial charge is 0.481 e. The summed E-state index contributed by atoms with van der Waals surface area (Å²) in [6, 6.07) is 0. The highest BCUT2D eigenvalue weighted by molar-refractivity contribution is 7.84. The predicted molar refractivity (Wildman–Crippen MR) is 52.7 cm³/mol. The van der Waals surface area contributed by atoms with Crippen molar-refractivity contribution in [3.05, 3.63) is 0 Å². The number of aliphatic carboxylic acids is 1. The molecule has 0 aliphatic rings. The van der Waals surface area contributed by atoms with Gasteiger partial charge in [-0.1, -0.05) is 6.92 Å². The van der Waals surface area contributed by atoms with Gasteiger partial charge in [0.25, 0.3) is 0 Å². The number of hydrogen-bond acceptors (Lipinski definition) is 3. The molecule has 0 saturated heterocycles. The zero-order chi connectivity index (χ0) is 8.85. The predicted octanol–water partition coefficient (Wildman–Crippen LogP) is 1.72. The van der Waals surface area contributed by atoms with Gasteiger partial charge in [-0.25, -0.2) is 0 Å². The topological polar surface area (TPSA) is 37.3 Å². The molecule has 0 rings (SSSR count). The van der Waals surface area contributed by atoms with Gasteiger partial charge in [-0.3, -0.25) is 4.79 Å². The normalized spacial score (nSPS) is 15.9. The first-order chi connectivity index (χ1) is 5.07. The highest BCUT2D eigenvalue weighted by Crippen LogP contribution is 2.16. The van der Waals surface area contributed by atoms with E-state index in [-0.39, 0.29) is 11.7 Å². The van der Waals surface area contributed by atoms with Crippen LogP contribution in [0.5, 0.6) is 0 Å². The molecule has 0 aliphatic heterocycles. The minimum atomic E-state index is -0.739. The third-order valence-corrected chi connectivity index (χ3v) is 3.03. The van der Waals surface area contributed by atoms with E-state index in [0.29, 0.717) is 18.1 Å². The molecular weight excluding hydrogens is 180 g/mol. The highest BCUT2D eigenvalue weighted by Gasteiger charge is 2.12. The highest BCUT2D eigenvalue weighted by atomic mass is 32.1. The van der Waals surface area contributed by atoms with E-state index >= 15 is 0 Å². The summed E-state index contributed by atoms with van der Waals surface area (Å²) in [5.74, 6) is 0.285. The molecule has 0 aliphatic carbocycles. The first-order valence-corrected chi connectivity index (χ1v) is 4.73. The standard InChI is InChI=1S/C7H14O2S2/c1-5(6(11)4-10)2-3-7(8)9/h5-6,10-11H,2-4H2,1H3,(H,8,9). The minimum Gasteiger partial charge on any atom is -0.481 e. The lowest BCUT2D eigenvalue weighted by Gasteiger charge is -2.15. The fraction of sp³-hybridized carbons (Fsp3) is 0.857. The number of hydrogen-bond donors (Lipinski definition) is 3. The average Bonchev–Trinajstić information content (AvgIpc) is 1.98.